The van der Waals surface area contributed by atoms with Crippen molar-refractivity contribution in [3.63, 3.8) is 0 Å². The monoisotopic (exact) mass is 147 g/mol. The molecular weight excluding hydrogens is 136 g/mol. The van der Waals surface area contributed by atoms with Crippen LogP contribution in [0.3, 0.4) is 0 Å². The molecule has 0 rings (SSSR count). The smallest absolute Gasteiger partial charge is 0.0648 e. The maximum atomic E-state index is 3.38. The summed E-state index contributed by atoms with van der Waals surface area (Å²) >= 11 is 0. The van der Waals surface area contributed by atoms with Gasteiger partial charge >= 0.3 is 0 Å². The number of hydrogen-bond donors (Lipinski definition) is 0. The van der Waals surface area contributed by atoms with E-state index in [9.17, 15) is 0 Å². The second kappa shape index (κ2) is 6.46. The highest BCUT2D eigenvalue weighted by Gasteiger charge is 1.84. The molecule has 0 fully saturated rings. The Kier molecular flexibility index (Phi) is 6.03. The van der Waals surface area contributed by atoms with Crippen molar-refractivity contribution in [1.82, 2.24) is 0 Å². The predicted octanol–water partition coefficient (Wildman–Crippen LogP) is 1.77. The largest absolute Gasteiger partial charge is 0.103 e. The summed E-state index contributed by atoms with van der Waals surface area (Å²) in [5.41, 5.74) is 0.0555. The lowest BCUT2D eigenvalue weighted by molar-refractivity contribution is 1.26. The van der Waals surface area contributed by atoms with Crippen LogP contribution in [0.2, 0.25) is 5.54 Å². The maximum absolute atomic E-state index is 3.38. The molecule has 0 unspecified atom stereocenters. The summed E-state index contributed by atoms with van der Waals surface area (Å²) in [5, 5.41) is 0. The Morgan fingerprint density at radius 1 is 1.10 bits per heavy atom. The molecule has 10 heavy (non-hydrogen) atoms. The molecule has 0 saturated heterocycles. The zero-order valence-electron chi connectivity index (χ0n) is 6.49. The Labute approximate surface area is 66.8 Å². The Balaban J connectivity index is 3.73. The van der Waals surface area contributed by atoms with Gasteiger partial charge in [-0.15, -0.1) is 11.8 Å². The Hall–Kier alpha value is -0.663. The third-order valence-corrected chi connectivity index (χ3v) is 1.14. The van der Waals surface area contributed by atoms with E-state index in [1.807, 2.05) is 13.8 Å². The van der Waals surface area contributed by atoms with Crippen molar-refractivity contribution in [1.29, 1.82) is 0 Å². The maximum Gasteiger partial charge on any atom is 0.0648 e. The summed E-state index contributed by atoms with van der Waals surface area (Å²) < 4.78 is 0. The van der Waals surface area contributed by atoms with Gasteiger partial charge in [0.15, 0.2) is 0 Å². The van der Waals surface area contributed by atoms with Gasteiger partial charge in [0.1, 0.15) is 0 Å². The lowest BCUT2D eigenvalue weighted by Gasteiger charge is -1.86. The van der Waals surface area contributed by atoms with E-state index in [2.05, 4.69) is 33.9 Å². The summed E-state index contributed by atoms with van der Waals surface area (Å²) in [6.45, 7) is 4.05. The Morgan fingerprint density at radius 2 is 1.50 bits per heavy atom. The first-order valence-corrected chi connectivity index (χ1v) is 4.06. The van der Waals surface area contributed by atoms with Gasteiger partial charge in [0, 0.05) is 12.8 Å². The van der Waals surface area contributed by atoms with Crippen molar-refractivity contribution >= 4 is 10.2 Å². The molecule has 3 radical (unpaired) electrons. The van der Waals surface area contributed by atoms with Crippen LogP contribution in [0.15, 0.2) is 0 Å². The van der Waals surface area contributed by atoms with Crippen molar-refractivity contribution in [2.45, 2.75) is 32.2 Å². The summed E-state index contributed by atoms with van der Waals surface area (Å²) in [5.74, 6) is 11.8. The third-order valence-electron chi connectivity index (χ3n) is 0.846. The van der Waals surface area contributed by atoms with Gasteiger partial charge in [-0.1, -0.05) is 25.7 Å². The molecule has 0 bridgehead atoms. The zero-order valence-corrected chi connectivity index (χ0v) is 7.49. The van der Waals surface area contributed by atoms with Crippen molar-refractivity contribution in [3.8, 4) is 23.7 Å². The van der Waals surface area contributed by atoms with Crippen molar-refractivity contribution in [2.24, 2.45) is 0 Å². The first-order valence-electron chi connectivity index (χ1n) is 3.49. The van der Waals surface area contributed by atoms with Crippen LogP contribution in [0, 0.1) is 23.7 Å². The van der Waals surface area contributed by atoms with E-state index in [0.717, 1.165) is 12.8 Å². The Bertz CT molecular complexity index is 162. The van der Waals surface area contributed by atoms with Crippen LogP contribution in [0.5, 0.6) is 0 Å². The highest BCUT2D eigenvalue weighted by atomic mass is 28.1. The van der Waals surface area contributed by atoms with Gasteiger partial charge in [-0.05, 0) is 0 Å². The number of rotatable bonds is 0. The highest BCUT2D eigenvalue weighted by molar-refractivity contribution is 6.15. The molecule has 0 amide bonds. The lowest BCUT2D eigenvalue weighted by atomic mass is 10.3. The molecule has 0 aromatic rings. The van der Waals surface area contributed by atoms with Gasteiger partial charge in [-0.2, -0.15) is 0 Å². The predicted molar refractivity (Wildman–Crippen MR) is 45.6 cm³/mol. The summed E-state index contributed by atoms with van der Waals surface area (Å²) in [6.07, 6.45) is 1.80. The quantitative estimate of drug-likeness (QED) is 0.362. The minimum atomic E-state index is 0.0555. The first kappa shape index (κ1) is 9.34. The van der Waals surface area contributed by atoms with Gasteiger partial charge in [0.25, 0.3) is 0 Å². The van der Waals surface area contributed by atoms with Crippen LogP contribution in [0.25, 0.3) is 0 Å². The van der Waals surface area contributed by atoms with E-state index in [1.54, 1.807) is 0 Å². The van der Waals surface area contributed by atoms with Crippen molar-refractivity contribution in [2.75, 3.05) is 0 Å². The average Bonchev–Trinajstić information content (AvgIpc) is 1.97. The average molecular weight is 147 g/mol. The summed E-state index contributed by atoms with van der Waals surface area (Å²) in [6, 6.07) is 0. The standard InChI is InChI=1S/C9H11Si/c1-3-5-7-9(10)8-6-4-2/h9H,3-4H2,1-2H3. The van der Waals surface area contributed by atoms with Crippen molar-refractivity contribution in [3.05, 3.63) is 0 Å². The van der Waals surface area contributed by atoms with Gasteiger partial charge < -0.3 is 0 Å². The van der Waals surface area contributed by atoms with E-state index in [-0.39, 0.29) is 5.54 Å². The minimum absolute atomic E-state index is 0.0555. The molecule has 0 spiro atoms. The van der Waals surface area contributed by atoms with E-state index in [4.69, 9.17) is 0 Å². The van der Waals surface area contributed by atoms with Gasteiger partial charge in [0.2, 0.25) is 0 Å². The molecule has 1 heteroatoms. The first-order chi connectivity index (χ1) is 4.81. The van der Waals surface area contributed by atoms with E-state index >= 15 is 0 Å². The normalized spacial score (nSPS) is 7.60. The van der Waals surface area contributed by atoms with Crippen LogP contribution in [-0.4, -0.2) is 10.2 Å². The second-order valence-corrected chi connectivity index (χ2v) is 2.36. The van der Waals surface area contributed by atoms with Crippen LogP contribution in [0.1, 0.15) is 26.7 Å². The molecule has 0 N–H and O–H groups in total. The molecule has 0 aromatic heterocycles. The molecule has 0 aromatic carbocycles. The third kappa shape index (κ3) is 5.47. The molecule has 0 aliphatic carbocycles. The van der Waals surface area contributed by atoms with E-state index in [0.29, 0.717) is 0 Å². The van der Waals surface area contributed by atoms with Gasteiger partial charge in [0.05, 0.1) is 15.8 Å². The second-order valence-electron chi connectivity index (χ2n) is 1.78. The zero-order chi connectivity index (χ0) is 7.82. The van der Waals surface area contributed by atoms with Crippen LogP contribution in [-0.2, 0) is 0 Å². The molecule has 0 heterocycles. The summed E-state index contributed by atoms with van der Waals surface area (Å²) in [7, 11) is 3.38. The molecule has 51 valence electrons. The fraction of sp³-hybridized carbons (Fsp3) is 0.556. The van der Waals surface area contributed by atoms with Gasteiger partial charge in [-0.25, -0.2) is 0 Å². The van der Waals surface area contributed by atoms with Crippen molar-refractivity contribution < 1.29 is 0 Å². The Morgan fingerprint density at radius 3 is 1.80 bits per heavy atom. The van der Waals surface area contributed by atoms with E-state index < -0.39 is 0 Å². The molecule has 0 saturated carbocycles. The fourth-order valence-electron chi connectivity index (χ4n) is 0.444. The van der Waals surface area contributed by atoms with Crippen LogP contribution in [0.4, 0.5) is 0 Å². The van der Waals surface area contributed by atoms with Crippen LogP contribution >= 0.6 is 0 Å². The summed E-state index contributed by atoms with van der Waals surface area (Å²) in [4.78, 5) is 0. The topological polar surface area (TPSA) is 0 Å². The number of hydrogen-bond acceptors (Lipinski definition) is 0. The highest BCUT2D eigenvalue weighted by Crippen LogP contribution is 1.91. The van der Waals surface area contributed by atoms with Gasteiger partial charge in [-0.3, -0.25) is 0 Å². The fourth-order valence-corrected chi connectivity index (χ4v) is 0.648. The van der Waals surface area contributed by atoms with E-state index in [1.165, 1.54) is 0 Å². The molecule has 0 nitrogen and oxygen atoms in total. The molecule has 0 aliphatic rings. The lowest BCUT2D eigenvalue weighted by Crippen LogP contribution is -1.81. The molecular formula is C9H11Si. The molecule has 0 atom stereocenters. The SMILES string of the molecule is CCC#CC([Si])C#CCC. The van der Waals surface area contributed by atoms with Crippen LogP contribution < -0.4 is 0 Å². The minimum Gasteiger partial charge on any atom is -0.103 e. The molecule has 0 aliphatic heterocycles.